The molecule has 0 fully saturated rings. The smallest absolute Gasteiger partial charge is 0.142 e. The normalized spacial score (nSPS) is 10.8. The number of hydrogen-bond donors (Lipinski definition) is 1. The Labute approximate surface area is 154 Å². The minimum absolute atomic E-state index is 0.492. The van der Waals surface area contributed by atoms with Crippen LogP contribution in [0.2, 0.25) is 0 Å². The Morgan fingerprint density at radius 2 is 1.42 bits per heavy atom. The molecular formula is C23H18BNO. The van der Waals surface area contributed by atoms with E-state index in [1.165, 1.54) is 16.5 Å². The average Bonchev–Trinajstić information content (AvgIpc) is 2.67. The van der Waals surface area contributed by atoms with Crippen LogP contribution in [0, 0.1) is 0 Å². The Morgan fingerprint density at radius 3 is 2.23 bits per heavy atom. The van der Waals surface area contributed by atoms with Crippen LogP contribution in [0.25, 0.3) is 21.9 Å². The van der Waals surface area contributed by atoms with Crippen LogP contribution < -0.4 is 15.9 Å². The zero-order valence-electron chi connectivity index (χ0n) is 14.4. The van der Waals surface area contributed by atoms with Crippen LogP contribution in [0.4, 0.5) is 5.69 Å². The summed E-state index contributed by atoms with van der Waals surface area (Å²) in [7, 11) is 5.85. The Balaban J connectivity index is 1.52. The van der Waals surface area contributed by atoms with Gasteiger partial charge in [-0.2, -0.15) is 0 Å². The van der Waals surface area contributed by atoms with Gasteiger partial charge < -0.3 is 10.5 Å². The molecule has 2 nitrogen and oxygen atoms in total. The largest absolute Gasteiger partial charge is 0.487 e. The lowest BCUT2D eigenvalue weighted by Gasteiger charge is -2.10. The Bertz CT molecular complexity index is 1060. The van der Waals surface area contributed by atoms with Gasteiger partial charge in [0, 0.05) is 0 Å². The Morgan fingerprint density at radius 1 is 0.731 bits per heavy atom. The molecule has 0 atom stereocenters. The summed E-state index contributed by atoms with van der Waals surface area (Å²) in [5.41, 5.74) is 10.8. The molecule has 0 aliphatic rings. The highest BCUT2D eigenvalue weighted by Crippen LogP contribution is 2.25. The monoisotopic (exact) mass is 335 g/mol. The van der Waals surface area contributed by atoms with E-state index >= 15 is 0 Å². The second kappa shape index (κ2) is 6.97. The van der Waals surface area contributed by atoms with Gasteiger partial charge in [-0.25, -0.2) is 0 Å². The first-order valence-corrected chi connectivity index (χ1v) is 8.55. The van der Waals surface area contributed by atoms with Gasteiger partial charge in [0.05, 0.1) is 5.69 Å². The second-order valence-corrected chi connectivity index (χ2v) is 6.34. The molecule has 124 valence electrons. The standard InChI is InChI=1S/C23H18BNO/c24-21-12-11-19-13-18(9-10-20(19)14-21)17-7-5-16(6-8-17)15-26-23-4-2-1-3-22(23)25/h1-14H,15,25H2. The number of anilines is 1. The maximum absolute atomic E-state index is 5.91. The fourth-order valence-corrected chi connectivity index (χ4v) is 3.01. The van der Waals surface area contributed by atoms with Gasteiger partial charge in [-0.3, -0.25) is 0 Å². The summed E-state index contributed by atoms with van der Waals surface area (Å²) in [5, 5.41) is 2.34. The molecule has 0 aromatic heterocycles. The molecule has 26 heavy (non-hydrogen) atoms. The third-order valence-electron chi connectivity index (χ3n) is 4.46. The van der Waals surface area contributed by atoms with Crippen molar-refractivity contribution in [2.45, 2.75) is 6.61 Å². The maximum atomic E-state index is 5.91. The molecule has 0 spiro atoms. The third-order valence-corrected chi connectivity index (χ3v) is 4.46. The minimum atomic E-state index is 0.492. The molecule has 4 aromatic rings. The second-order valence-electron chi connectivity index (χ2n) is 6.34. The van der Waals surface area contributed by atoms with Crippen molar-refractivity contribution in [2.24, 2.45) is 0 Å². The zero-order valence-corrected chi connectivity index (χ0v) is 14.4. The predicted octanol–water partition coefficient (Wildman–Crippen LogP) is 4.46. The van der Waals surface area contributed by atoms with Crippen LogP contribution in [0.3, 0.4) is 0 Å². The quantitative estimate of drug-likeness (QED) is 0.441. The van der Waals surface area contributed by atoms with Gasteiger partial charge in [-0.1, -0.05) is 72.2 Å². The van der Waals surface area contributed by atoms with Gasteiger partial charge in [0.25, 0.3) is 0 Å². The summed E-state index contributed by atoms with van der Waals surface area (Å²) >= 11 is 0. The molecule has 0 saturated carbocycles. The molecule has 0 aliphatic heterocycles. The highest BCUT2D eigenvalue weighted by atomic mass is 16.5. The highest BCUT2D eigenvalue weighted by Gasteiger charge is 2.03. The first-order chi connectivity index (χ1) is 12.7. The lowest BCUT2D eigenvalue weighted by atomic mass is 9.92. The molecule has 4 rings (SSSR count). The fourth-order valence-electron chi connectivity index (χ4n) is 3.01. The van der Waals surface area contributed by atoms with E-state index in [2.05, 4.69) is 48.5 Å². The molecule has 0 aliphatic carbocycles. The molecule has 4 aromatic carbocycles. The lowest BCUT2D eigenvalue weighted by molar-refractivity contribution is 0.308. The lowest BCUT2D eigenvalue weighted by Crippen LogP contribution is -1.99. The fraction of sp³-hybridized carbons (Fsp3) is 0.0435. The van der Waals surface area contributed by atoms with E-state index in [-0.39, 0.29) is 0 Å². The SMILES string of the molecule is [B]c1ccc2cc(-c3ccc(COc4ccccc4N)cc3)ccc2c1. The van der Waals surface area contributed by atoms with Gasteiger partial charge in [-0.05, 0) is 45.7 Å². The third kappa shape index (κ3) is 3.43. The number of nitrogens with two attached hydrogens (primary N) is 1. The highest BCUT2D eigenvalue weighted by molar-refractivity contribution is 6.33. The molecular weight excluding hydrogens is 317 g/mol. The summed E-state index contributed by atoms with van der Waals surface area (Å²) in [6, 6.07) is 28.3. The summed E-state index contributed by atoms with van der Waals surface area (Å²) in [6.45, 7) is 0.492. The number of nitrogen functional groups attached to an aromatic ring is 1. The maximum Gasteiger partial charge on any atom is 0.142 e. The van der Waals surface area contributed by atoms with E-state index in [9.17, 15) is 0 Å². The molecule has 2 radical (unpaired) electrons. The van der Waals surface area contributed by atoms with Crippen molar-refractivity contribution in [1.29, 1.82) is 0 Å². The van der Waals surface area contributed by atoms with Crippen LogP contribution >= 0.6 is 0 Å². The van der Waals surface area contributed by atoms with Crippen molar-refractivity contribution in [2.75, 3.05) is 5.73 Å². The molecule has 0 amide bonds. The van der Waals surface area contributed by atoms with E-state index in [0.29, 0.717) is 18.0 Å². The molecule has 0 saturated heterocycles. The summed E-state index contributed by atoms with van der Waals surface area (Å²) in [4.78, 5) is 0. The van der Waals surface area contributed by atoms with E-state index in [1.54, 1.807) is 0 Å². The molecule has 3 heteroatoms. The Hall–Kier alpha value is -3.20. The average molecular weight is 335 g/mol. The van der Waals surface area contributed by atoms with Crippen molar-refractivity contribution in [1.82, 2.24) is 0 Å². The van der Waals surface area contributed by atoms with Crippen LogP contribution in [-0.4, -0.2) is 7.85 Å². The van der Waals surface area contributed by atoms with E-state index < -0.39 is 0 Å². The van der Waals surface area contributed by atoms with Crippen molar-refractivity contribution in [3.8, 4) is 16.9 Å². The van der Waals surface area contributed by atoms with Crippen molar-refractivity contribution in [3.05, 3.63) is 90.5 Å². The van der Waals surface area contributed by atoms with E-state index in [4.69, 9.17) is 18.3 Å². The van der Waals surface area contributed by atoms with Gasteiger partial charge in [0.15, 0.2) is 0 Å². The van der Waals surface area contributed by atoms with Gasteiger partial charge in [-0.15, -0.1) is 0 Å². The Kier molecular flexibility index (Phi) is 4.36. The molecule has 0 unspecified atom stereocenters. The summed E-state index contributed by atoms with van der Waals surface area (Å²) in [6.07, 6.45) is 0. The first-order valence-electron chi connectivity index (χ1n) is 8.55. The van der Waals surface area contributed by atoms with Crippen molar-refractivity contribution >= 4 is 29.8 Å². The molecule has 0 bridgehead atoms. The number of ether oxygens (including phenoxy) is 1. The number of fused-ring (bicyclic) bond motifs is 1. The number of benzene rings is 4. The minimum Gasteiger partial charge on any atom is -0.487 e. The number of hydrogen-bond acceptors (Lipinski definition) is 2. The van der Waals surface area contributed by atoms with Gasteiger partial charge in [0.2, 0.25) is 0 Å². The molecule has 0 heterocycles. The predicted molar refractivity (Wildman–Crippen MR) is 110 cm³/mol. The van der Waals surface area contributed by atoms with Crippen LogP contribution in [0.5, 0.6) is 5.75 Å². The number of rotatable bonds is 4. The number of para-hydroxylation sites is 2. The van der Waals surface area contributed by atoms with E-state index in [1.807, 2.05) is 36.4 Å². The van der Waals surface area contributed by atoms with E-state index in [0.717, 1.165) is 16.4 Å². The van der Waals surface area contributed by atoms with Crippen molar-refractivity contribution in [3.63, 3.8) is 0 Å². The van der Waals surface area contributed by atoms with Crippen LogP contribution in [0.15, 0.2) is 84.9 Å². The molecule has 2 N–H and O–H groups in total. The first kappa shape index (κ1) is 16.3. The zero-order chi connectivity index (χ0) is 17.9. The van der Waals surface area contributed by atoms with Crippen LogP contribution in [0.1, 0.15) is 5.56 Å². The topological polar surface area (TPSA) is 35.2 Å². The summed E-state index contributed by atoms with van der Waals surface area (Å²) < 4.78 is 5.80. The van der Waals surface area contributed by atoms with Crippen LogP contribution in [-0.2, 0) is 6.61 Å². The summed E-state index contributed by atoms with van der Waals surface area (Å²) in [5.74, 6) is 0.713. The van der Waals surface area contributed by atoms with Gasteiger partial charge in [0.1, 0.15) is 20.2 Å². The van der Waals surface area contributed by atoms with Gasteiger partial charge >= 0.3 is 0 Å². The van der Waals surface area contributed by atoms with Crippen molar-refractivity contribution < 1.29 is 4.74 Å².